The lowest BCUT2D eigenvalue weighted by atomic mass is 10.5. The highest BCUT2D eigenvalue weighted by Gasteiger charge is 2.05. The fourth-order valence-electron chi connectivity index (χ4n) is 0.767. The number of aromatic nitrogens is 1. The van der Waals surface area contributed by atoms with E-state index in [2.05, 4.69) is 0 Å². The molecule has 5 heteroatoms. The van der Waals surface area contributed by atoms with Crippen LogP contribution < -0.4 is 4.73 Å². The minimum Gasteiger partial charge on any atom is -0.618 e. The van der Waals surface area contributed by atoms with E-state index in [9.17, 15) is 10.0 Å². The van der Waals surface area contributed by atoms with Crippen molar-refractivity contribution in [3.63, 3.8) is 0 Å². The van der Waals surface area contributed by atoms with Crippen molar-refractivity contribution in [2.75, 3.05) is 5.75 Å². The quantitative estimate of drug-likeness (QED) is 0.444. The van der Waals surface area contributed by atoms with E-state index >= 15 is 0 Å². The van der Waals surface area contributed by atoms with Gasteiger partial charge in [-0.05, 0) is 6.07 Å². The van der Waals surface area contributed by atoms with Gasteiger partial charge in [0.05, 0.1) is 6.42 Å². The van der Waals surface area contributed by atoms with E-state index in [0.29, 0.717) is 10.8 Å². The minimum absolute atomic E-state index is 0.0690. The first kappa shape index (κ1) is 9.85. The Balaban J connectivity index is 2.45. The van der Waals surface area contributed by atoms with Crippen molar-refractivity contribution >= 4 is 17.7 Å². The maximum absolute atomic E-state index is 11.0. The number of nitrogens with zero attached hydrogens (tertiary/aromatic N) is 1. The lowest BCUT2D eigenvalue weighted by molar-refractivity contribution is -0.645. The van der Waals surface area contributed by atoms with E-state index < -0.39 is 5.97 Å². The molecular formula is C8H9NO3S. The van der Waals surface area contributed by atoms with Crippen LogP contribution in [-0.2, 0) is 4.79 Å². The molecule has 0 amide bonds. The van der Waals surface area contributed by atoms with Crippen molar-refractivity contribution in [3.8, 4) is 0 Å². The zero-order valence-electron chi connectivity index (χ0n) is 6.84. The van der Waals surface area contributed by atoms with E-state index in [4.69, 9.17) is 5.11 Å². The number of pyridine rings is 1. The molecule has 1 heterocycles. The number of carboxylic acids is 1. The first-order chi connectivity index (χ1) is 6.20. The molecular weight excluding hydrogens is 190 g/mol. The van der Waals surface area contributed by atoms with Gasteiger partial charge in [-0.25, -0.2) is 0 Å². The molecule has 4 nitrogen and oxygen atoms in total. The van der Waals surface area contributed by atoms with E-state index in [-0.39, 0.29) is 6.42 Å². The van der Waals surface area contributed by atoms with Gasteiger partial charge in [-0.15, -0.1) is 0 Å². The van der Waals surface area contributed by atoms with E-state index in [1.54, 1.807) is 18.2 Å². The molecule has 0 fully saturated rings. The summed E-state index contributed by atoms with van der Waals surface area (Å²) in [5.74, 6) is -0.428. The van der Waals surface area contributed by atoms with Crippen LogP contribution in [0.2, 0.25) is 0 Å². The van der Waals surface area contributed by atoms with Crippen LogP contribution in [0.4, 0.5) is 0 Å². The number of hydrogen-bond donors (Lipinski definition) is 1. The van der Waals surface area contributed by atoms with Crippen LogP contribution >= 0.6 is 11.8 Å². The van der Waals surface area contributed by atoms with Crippen molar-refractivity contribution in [1.29, 1.82) is 0 Å². The highest BCUT2D eigenvalue weighted by molar-refractivity contribution is 7.99. The van der Waals surface area contributed by atoms with Gasteiger partial charge in [0.15, 0.2) is 6.20 Å². The summed E-state index contributed by atoms with van der Waals surface area (Å²) in [5.41, 5.74) is 0. The van der Waals surface area contributed by atoms with Crippen LogP contribution in [0.15, 0.2) is 29.4 Å². The van der Waals surface area contributed by atoms with Crippen LogP contribution in [0.25, 0.3) is 0 Å². The lowest BCUT2D eigenvalue weighted by Crippen LogP contribution is -2.27. The second-order valence-electron chi connectivity index (χ2n) is 2.36. The van der Waals surface area contributed by atoms with Crippen LogP contribution in [0.5, 0.6) is 0 Å². The van der Waals surface area contributed by atoms with E-state index in [0.717, 1.165) is 4.73 Å². The third-order valence-corrected chi connectivity index (χ3v) is 2.37. The smallest absolute Gasteiger partial charge is 0.304 e. The third-order valence-electron chi connectivity index (χ3n) is 1.35. The largest absolute Gasteiger partial charge is 0.618 e. The summed E-state index contributed by atoms with van der Waals surface area (Å²) in [5, 5.41) is 19.9. The molecule has 0 radical (unpaired) electrons. The van der Waals surface area contributed by atoms with Gasteiger partial charge in [-0.1, -0.05) is 11.8 Å². The second kappa shape index (κ2) is 4.71. The average molecular weight is 199 g/mol. The molecule has 0 aliphatic carbocycles. The molecule has 0 spiro atoms. The molecule has 1 aromatic heterocycles. The first-order valence-corrected chi connectivity index (χ1v) is 4.71. The van der Waals surface area contributed by atoms with E-state index in [1.807, 2.05) is 0 Å². The number of hydrogen-bond acceptors (Lipinski definition) is 3. The molecule has 1 N–H and O–H groups in total. The zero-order valence-corrected chi connectivity index (χ0v) is 7.66. The Hall–Kier alpha value is -1.23. The molecule has 0 saturated heterocycles. The summed E-state index contributed by atoms with van der Waals surface area (Å²) in [4.78, 5) is 10.2. The molecule has 1 rings (SSSR count). The summed E-state index contributed by atoms with van der Waals surface area (Å²) in [6.07, 6.45) is 1.46. The van der Waals surface area contributed by atoms with Crippen molar-refractivity contribution in [3.05, 3.63) is 29.6 Å². The number of aliphatic carboxylic acids is 1. The predicted octanol–water partition coefficient (Wildman–Crippen LogP) is 0.887. The predicted molar refractivity (Wildman–Crippen MR) is 48.4 cm³/mol. The van der Waals surface area contributed by atoms with Gasteiger partial charge in [0.25, 0.3) is 5.03 Å². The van der Waals surface area contributed by atoms with Crippen molar-refractivity contribution in [2.24, 2.45) is 0 Å². The monoisotopic (exact) mass is 199 g/mol. The summed E-state index contributed by atoms with van der Waals surface area (Å²) in [7, 11) is 0. The van der Waals surface area contributed by atoms with Crippen molar-refractivity contribution in [1.82, 2.24) is 0 Å². The molecule has 0 bridgehead atoms. The second-order valence-corrected chi connectivity index (χ2v) is 3.47. The molecule has 1 aromatic rings. The molecule has 0 saturated carbocycles. The summed E-state index contributed by atoms with van der Waals surface area (Å²) in [6.45, 7) is 0. The zero-order chi connectivity index (χ0) is 9.68. The standard InChI is InChI=1S/C8H9NO3S/c10-8(11)4-6-13-7-3-1-2-5-9(7)12/h1-3,5H,4,6H2,(H,10,11). The number of carboxylic acid groups (broad SMARTS) is 1. The summed E-state index contributed by atoms with van der Waals surface area (Å²) >= 11 is 1.24. The normalized spacial score (nSPS) is 9.85. The Kier molecular flexibility index (Phi) is 3.57. The van der Waals surface area contributed by atoms with Crippen molar-refractivity contribution < 1.29 is 14.6 Å². The van der Waals surface area contributed by atoms with Crippen LogP contribution in [0.3, 0.4) is 0 Å². The third kappa shape index (κ3) is 3.33. The Morgan fingerprint density at radius 3 is 3.00 bits per heavy atom. The highest BCUT2D eigenvalue weighted by Crippen LogP contribution is 2.13. The van der Waals surface area contributed by atoms with E-state index in [1.165, 1.54) is 18.0 Å². The topological polar surface area (TPSA) is 64.2 Å². The van der Waals surface area contributed by atoms with Gasteiger partial charge in [-0.2, -0.15) is 4.73 Å². The molecule has 0 unspecified atom stereocenters. The molecule has 0 aliphatic heterocycles. The molecule has 13 heavy (non-hydrogen) atoms. The maximum atomic E-state index is 11.0. The highest BCUT2D eigenvalue weighted by atomic mass is 32.2. The Labute approximate surface area is 79.8 Å². The number of thioether (sulfide) groups is 1. The molecule has 0 aromatic carbocycles. The van der Waals surface area contributed by atoms with Crippen LogP contribution in [0.1, 0.15) is 6.42 Å². The van der Waals surface area contributed by atoms with Crippen molar-refractivity contribution in [2.45, 2.75) is 11.4 Å². The molecule has 70 valence electrons. The average Bonchev–Trinajstić information content (AvgIpc) is 2.08. The minimum atomic E-state index is -0.846. The SMILES string of the molecule is O=C(O)CCSc1cccc[n+]1[O-]. The number of carbonyl (C=O) groups is 1. The fourth-order valence-corrected chi connectivity index (χ4v) is 1.62. The molecule has 0 atom stereocenters. The van der Waals surface area contributed by atoms with Gasteiger partial charge in [0.2, 0.25) is 0 Å². The van der Waals surface area contributed by atoms with Crippen LogP contribution in [-0.4, -0.2) is 16.8 Å². The Bertz CT molecular complexity index is 303. The van der Waals surface area contributed by atoms with Gasteiger partial charge in [-0.3, -0.25) is 4.79 Å². The Morgan fingerprint density at radius 1 is 1.62 bits per heavy atom. The summed E-state index contributed by atoms with van der Waals surface area (Å²) < 4.78 is 0.729. The van der Waals surface area contributed by atoms with Gasteiger partial charge in [0.1, 0.15) is 0 Å². The van der Waals surface area contributed by atoms with Gasteiger partial charge >= 0.3 is 5.97 Å². The van der Waals surface area contributed by atoms with Gasteiger partial charge in [0, 0.05) is 17.9 Å². The van der Waals surface area contributed by atoms with Gasteiger partial charge < -0.3 is 10.3 Å². The Morgan fingerprint density at radius 2 is 2.38 bits per heavy atom. The van der Waals surface area contributed by atoms with Crippen LogP contribution in [0, 0.1) is 5.21 Å². The maximum Gasteiger partial charge on any atom is 0.304 e. The lowest BCUT2D eigenvalue weighted by Gasteiger charge is -2.01. The first-order valence-electron chi connectivity index (χ1n) is 3.73. The fraction of sp³-hybridized carbons (Fsp3) is 0.250. The molecule has 0 aliphatic rings. The number of rotatable bonds is 4. The summed E-state index contributed by atoms with van der Waals surface area (Å²) in [6, 6.07) is 5.05.